The van der Waals surface area contributed by atoms with Crippen LogP contribution in [0.1, 0.15) is 21.6 Å². The van der Waals surface area contributed by atoms with Crippen molar-refractivity contribution in [3.63, 3.8) is 0 Å². The van der Waals surface area contributed by atoms with E-state index in [4.69, 9.17) is 10.2 Å². The van der Waals surface area contributed by atoms with E-state index in [2.05, 4.69) is 10.2 Å². The molecule has 0 atom stereocenters. The van der Waals surface area contributed by atoms with E-state index in [1.807, 2.05) is 6.07 Å². The summed E-state index contributed by atoms with van der Waals surface area (Å²) in [5.41, 5.74) is 7.10. The van der Waals surface area contributed by atoms with E-state index < -0.39 is 5.91 Å². The lowest BCUT2D eigenvalue weighted by molar-refractivity contribution is 0.0993. The number of carbonyl (C=O) groups excluding carboxylic acids is 1. The predicted octanol–water partition coefficient (Wildman–Crippen LogP) is 0.759. The number of amides is 1. The number of carbonyl (C=O) groups is 1. The minimum Gasteiger partial charge on any atom is -0.472 e. The summed E-state index contributed by atoms with van der Waals surface area (Å²) in [4.78, 5) is 11.0. The summed E-state index contributed by atoms with van der Waals surface area (Å²) in [6.07, 6.45) is 5.28. The zero-order chi connectivity index (χ0) is 10.7. The van der Waals surface area contributed by atoms with Crippen molar-refractivity contribution in [1.82, 2.24) is 10.2 Å². The summed E-state index contributed by atoms with van der Waals surface area (Å²) < 4.78 is 4.93. The zero-order valence-corrected chi connectivity index (χ0v) is 7.88. The van der Waals surface area contributed by atoms with E-state index in [1.165, 1.54) is 6.20 Å². The number of aromatic nitrogens is 2. The smallest absolute Gasteiger partial charge is 0.269 e. The van der Waals surface area contributed by atoms with Crippen molar-refractivity contribution in [3.05, 3.63) is 47.7 Å². The zero-order valence-electron chi connectivity index (χ0n) is 7.88. The first-order chi connectivity index (χ1) is 7.27. The molecular formula is C10H9N3O2. The highest BCUT2D eigenvalue weighted by Crippen LogP contribution is 2.11. The normalized spacial score (nSPS) is 10.1. The second-order valence-electron chi connectivity index (χ2n) is 3.08. The Morgan fingerprint density at radius 2 is 2.33 bits per heavy atom. The Bertz CT molecular complexity index is 465. The third kappa shape index (κ3) is 2.01. The number of rotatable bonds is 3. The molecule has 15 heavy (non-hydrogen) atoms. The highest BCUT2D eigenvalue weighted by Gasteiger charge is 2.10. The van der Waals surface area contributed by atoms with Gasteiger partial charge in [-0.15, -0.1) is 5.10 Å². The summed E-state index contributed by atoms with van der Waals surface area (Å²) in [5.74, 6) is -0.568. The van der Waals surface area contributed by atoms with Crippen LogP contribution < -0.4 is 5.73 Å². The van der Waals surface area contributed by atoms with Gasteiger partial charge in [-0.25, -0.2) is 0 Å². The van der Waals surface area contributed by atoms with Crippen molar-refractivity contribution in [3.8, 4) is 0 Å². The SMILES string of the molecule is NC(=O)c1nnccc1Cc1ccoc1. The molecule has 1 amide bonds. The molecule has 2 heterocycles. The molecule has 0 saturated carbocycles. The maximum absolute atomic E-state index is 11.0. The molecule has 0 aliphatic heterocycles. The average Bonchev–Trinajstić information content (AvgIpc) is 2.71. The van der Waals surface area contributed by atoms with Gasteiger partial charge in [0, 0.05) is 12.6 Å². The quantitative estimate of drug-likeness (QED) is 0.798. The molecule has 5 nitrogen and oxygen atoms in total. The molecule has 76 valence electrons. The Hall–Kier alpha value is -2.17. The van der Waals surface area contributed by atoms with Crippen LogP contribution >= 0.6 is 0 Å². The fourth-order valence-corrected chi connectivity index (χ4v) is 1.32. The van der Waals surface area contributed by atoms with Gasteiger partial charge in [0.25, 0.3) is 5.91 Å². The van der Waals surface area contributed by atoms with Gasteiger partial charge in [-0.05, 0) is 23.3 Å². The Labute approximate surface area is 85.9 Å². The van der Waals surface area contributed by atoms with E-state index in [-0.39, 0.29) is 5.69 Å². The lowest BCUT2D eigenvalue weighted by atomic mass is 10.1. The van der Waals surface area contributed by atoms with Crippen LogP contribution in [0.3, 0.4) is 0 Å². The molecule has 2 N–H and O–H groups in total. The fraction of sp³-hybridized carbons (Fsp3) is 0.100. The highest BCUT2D eigenvalue weighted by atomic mass is 16.3. The maximum atomic E-state index is 11.0. The summed E-state index contributed by atoms with van der Waals surface area (Å²) >= 11 is 0. The van der Waals surface area contributed by atoms with Crippen LogP contribution in [0.25, 0.3) is 0 Å². The first-order valence-corrected chi connectivity index (χ1v) is 4.39. The van der Waals surface area contributed by atoms with Crippen molar-refractivity contribution in [2.24, 2.45) is 5.73 Å². The molecule has 0 radical (unpaired) electrons. The van der Waals surface area contributed by atoms with E-state index >= 15 is 0 Å². The Balaban J connectivity index is 2.32. The minimum atomic E-state index is -0.568. The number of hydrogen-bond acceptors (Lipinski definition) is 4. The van der Waals surface area contributed by atoms with Crippen LogP contribution in [0.4, 0.5) is 0 Å². The third-order valence-electron chi connectivity index (χ3n) is 2.01. The van der Waals surface area contributed by atoms with Crippen molar-refractivity contribution >= 4 is 5.91 Å². The fourth-order valence-electron chi connectivity index (χ4n) is 1.32. The summed E-state index contributed by atoms with van der Waals surface area (Å²) in [5, 5.41) is 7.33. The average molecular weight is 203 g/mol. The Morgan fingerprint density at radius 3 is 3.00 bits per heavy atom. The van der Waals surface area contributed by atoms with Gasteiger partial charge in [-0.3, -0.25) is 4.79 Å². The molecule has 0 fully saturated rings. The van der Waals surface area contributed by atoms with Gasteiger partial charge in [-0.2, -0.15) is 5.10 Å². The van der Waals surface area contributed by atoms with Crippen LogP contribution in [0.2, 0.25) is 0 Å². The van der Waals surface area contributed by atoms with Gasteiger partial charge in [0.05, 0.1) is 12.5 Å². The maximum Gasteiger partial charge on any atom is 0.269 e. The summed E-state index contributed by atoms with van der Waals surface area (Å²) in [6.45, 7) is 0. The first-order valence-electron chi connectivity index (χ1n) is 4.39. The largest absolute Gasteiger partial charge is 0.472 e. The van der Waals surface area contributed by atoms with Crippen LogP contribution in [0.15, 0.2) is 35.3 Å². The summed E-state index contributed by atoms with van der Waals surface area (Å²) in [7, 11) is 0. The molecule has 0 aliphatic carbocycles. The van der Waals surface area contributed by atoms with Crippen molar-refractivity contribution in [2.75, 3.05) is 0 Å². The number of nitrogens with zero attached hydrogens (tertiary/aromatic N) is 2. The molecule has 2 aromatic heterocycles. The molecule has 2 rings (SSSR count). The van der Waals surface area contributed by atoms with Crippen LogP contribution in [0.5, 0.6) is 0 Å². The monoisotopic (exact) mass is 203 g/mol. The molecular weight excluding hydrogens is 194 g/mol. The molecule has 0 spiro atoms. The van der Waals surface area contributed by atoms with Crippen LogP contribution in [0, 0.1) is 0 Å². The second kappa shape index (κ2) is 3.91. The third-order valence-corrected chi connectivity index (χ3v) is 2.01. The van der Waals surface area contributed by atoms with E-state index in [0.29, 0.717) is 6.42 Å². The number of primary amides is 1. The molecule has 0 unspecified atom stereocenters. The number of furan rings is 1. The number of nitrogens with two attached hydrogens (primary N) is 1. The van der Waals surface area contributed by atoms with Gasteiger partial charge in [0.1, 0.15) is 0 Å². The predicted molar refractivity (Wildman–Crippen MR) is 52.1 cm³/mol. The highest BCUT2D eigenvalue weighted by molar-refractivity contribution is 5.92. The van der Waals surface area contributed by atoms with Crippen LogP contribution in [-0.2, 0) is 6.42 Å². The number of hydrogen-bond donors (Lipinski definition) is 1. The first kappa shape index (κ1) is 9.39. The van der Waals surface area contributed by atoms with E-state index in [9.17, 15) is 4.79 Å². The Kier molecular flexibility index (Phi) is 2.45. The molecule has 0 aromatic carbocycles. The topological polar surface area (TPSA) is 82.0 Å². The summed E-state index contributed by atoms with van der Waals surface area (Å²) in [6, 6.07) is 3.55. The van der Waals surface area contributed by atoms with Gasteiger partial charge >= 0.3 is 0 Å². The molecule has 0 saturated heterocycles. The van der Waals surface area contributed by atoms with Crippen LogP contribution in [-0.4, -0.2) is 16.1 Å². The lowest BCUT2D eigenvalue weighted by Gasteiger charge is -2.01. The van der Waals surface area contributed by atoms with Crippen molar-refractivity contribution in [2.45, 2.75) is 6.42 Å². The van der Waals surface area contributed by atoms with Gasteiger partial charge in [0.15, 0.2) is 5.69 Å². The van der Waals surface area contributed by atoms with Crippen molar-refractivity contribution in [1.29, 1.82) is 0 Å². The van der Waals surface area contributed by atoms with E-state index in [0.717, 1.165) is 11.1 Å². The van der Waals surface area contributed by atoms with Gasteiger partial charge < -0.3 is 10.2 Å². The standard InChI is InChI=1S/C10H9N3O2/c11-10(14)9-8(1-3-12-13-9)5-7-2-4-15-6-7/h1-4,6H,5H2,(H2,11,14). The van der Waals surface area contributed by atoms with Crippen molar-refractivity contribution < 1.29 is 9.21 Å². The molecule has 2 aromatic rings. The van der Waals surface area contributed by atoms with Gasteiger partial charge in [-0.1, -0.05) is 0 Å². The lowest BCUT2D eigenvalue weighted by Crippen LogP contribution is -2.16. The molecule has 0 bridgehead atoms. The Morgan fingerprint density at radius 1 is 1.47 bits per heavy atom. The minimum absolute atomic E-state index is 0.207. The second-order valence-corrected chi connectivity index (χ2v) is 3.08. The van der Waals surface area contributed by atoms with E-state index in [1.54, 1.807) is 18.6 Å². The van der Waals surface area contributed by atoms with Gasteiger partial charge in [0.2, 0.25) is 0 Å². The molecule has 5 heteroatoms. The molecule has 0 aliphatic rings.